The highest BCUT2D eigenvalue weighted by Gasteiger charge is 2.13. The van der Waals surface area contributed by atoms with Crippen LogP contribution in [0.2, 0.25) is 0 Å². The van der Waals surface area contributed by atoms with Gasteiger partial charge >= 0.3 is 0 Å². The summed E-state index contributed by atoms with van der Waals surface area (Å²) in [6, 6.07) is 13.3. The number of benzene rings is 1. The summed E-state index contributed by atoms with van der Waals surface area (Å²) in [5.74, 6) is 0. The monoisotopic (exact) mass is 281 g/mol. The second-order valence-corrected chi connectivity index (χ2v) is 6.39. The lowest BCUT2D eigenvalue weighted by Crippen LogP contribution is -2.02. The van der Waals surface area contributed by atoms with E-state index in [1.807, 2.05) is 0 Å². The lowest BCUT2D eigenvalue weighted by molar-refractivity contribution is 0.575. The number of hydrogen-bond donors (Lipinski definition) is 0. The molecule has 0 aliphatic heterocycles. The molecule has 1 aliphatic carbocycles. The van der Waals surface area contributed by atoms with Crippen molar-refractivity contribution in [2.24, 2.45) is 0 Å². The van der Waals surface area contributed by atoms with Gasteiger partial charge in [-0.05, 0) is 56.4 Å². The average molecular weight is 281 g/mol. The summed E-state index contributed by atoms with van der Waals surface area (Å²) >= 11 is 0. The molecule has 0 amide bonds. The van der Waals surface area contributed by atoms with Gasteiger partial charge in [0.25, 0.3) is 0 Å². The van der Waals surface area contributed by atoms with Gasteiger partial charge in [-0.2, -0.15) is 0 Å². The van der Waals surface area contributed by atoms with Crippen molar-refractivity contribution in [2.45, 2.75) is 64.7 Å². The Bertz CT molecular complexity index is 565. The van der Waals surface area contributed by atoms with Crippen LogP contribution < -0.4 is 0 Å². The lowest BCUT2D eigenvalue weighted by Gasteiger charge is -2.12. The summed E-state index contributed by atoms with van der Waals surface area (Å²) in [6.07, 6.45) is 12.2. The van der Waals surface area contributed by atoms with Gasteiger partial charge in [-0.25, -0.2) is 0 Å². The first-order valence-corrected chi connectivity index (χ1v) is 8.62. The summed E-state index contributed by atoms with van der Waals surface area (Å²) in [5, 5.41) is 0. The van der Waals surface area contributed by atoms with Crippen molar-refractivity contribution in [2.75, 3.05) is 0 Å². The van der Waals surface area contributed by atoms with Gasteiger partial charge in [-0.1, -0.05) is 50.3 Å². The largest absolute Gasteiger partial charge is 0.318 e. The molecule has 0 unspecified atom stereocenters. The van der Waals surface area contributed by atoms with Crippen LogP contribution in [0.5, 0.6) is 0 Å². The van der Waals surface area contributed by atoms with Gasteiger partial charge in [0.15, 0.2) is 0 Å². The van der Waals surface area contributed by atoms with Crippen LogP contribution in [0.25, 0.3) is 5.69 Å². The SMILES string of the molecule is Cc1c2cc(n1-c1ccccc1)CCCCCCCCC2. The van der Waals surface area contributed by atoms with Gasteiger partial charge in [0.1, 0.15) is 0 Å². The Balaban J connectivity index is 1.95. The zero-order chi connectivity index (χ0) is 14.5. The number of para-hydroxylation sites is 1. The Kier molecular flexibility index (Phi) is 4.80. The number of nitrogens with zero attached hydrogens (tertiary/aromatic N) is 1. The minimum atomic E-state index is 1.22. The molecule has 0 atom stereocenters. The molecule has 2 bridgehead atoms. The third-order valence-corrected chi connectivity index (χ3v) is 4.82. The summed E-state index contributed by atoms with van der Waals surface area (Å²) < 4.78 is 2.49. The summed E-state index contributed by atoms with van der Waals surface area (Å²) in [5.41, 5.74) is 5.85. The van der Waals surface area contributed by atoms with Crippen LogP contribution in [0.1, 0.15) is 61.9 Å². The minimum absolute atomic E-state index is 1.22. The summed E-state index contributed by atoms with van der Waals surface area (Å²) in [7, 11) is 0. The Labute approximate surface area is 129 Å². The normalized spacial score (nSPS) is 17.0. The van der Waals surface area contributed by atoms with Gasteiger partial charge in [-0.3, -0.25) is 0 Å². The van der Waals surface area contributed by atoms with Crippen molar-refractivity contribution in [3.8, 4) is 5.69 Å². The van der Waals surface area contributed by atoms with E-state index in [0.717, 1.165) is 0 Å². The maximum absolute atomic E-state index is 2.49. The molecule has 1 aromatic heterocycles. The van der Waals surface area contributed by atoms with Crippen LogP contribution in [0.4, 0.5) is 0 Å². The molecule has 0 spiro atoms. The first-order chi connectivity index (χ1) is 10.4. The van der Waals surface area contributed by atoms with Crippen LogP contribution in [0.15, 0.2) is 36.4 Å². The van der Waals surface area contributed by atoms with Crippen molar-refractivity contribution < 1.29 is 0 Å². The van der Waals surface area contributed by atoms with E-state index in [9.17, 15) is 0 Å². The predicted octanol–water partition coefficient (Wildman–Crippen LogP) is 5.62. The van der Waals surface area contributed by atoms with E-state index in [-0.39, 0.29) is 0 Å². The first kappa shape index (κ1) is 14.4. The quantitative estimate of drug-likeness (QED) is 0.640. The fraction of sp³-hybridized carbons (Fsp3) is 0.500. The zero-order valence-corrected chi connectivity index (χ0v) is 13.3. The van der Waals surface area contributed by atoms with Gasteiger partial charge in [0.05, 0.1) is 0 Å². The molecule has 0 radical (unpaired) electrons. The molecular weight excluding hydrogens is 254 g/mol. The maximum Gasteiger partial charge on any atom is 0.0455 e. The molecular formula is C20H27N. The number of fused-ring (bicyclic) bond motifs is 2. The van der Waals surface area contributed by atoms with E-state index in [4.69, 9.17) is 0 Å². The fourth-order valence-corrected chi connectivity index (χ4v) is 3.61. The van der Waals surface area contributed by atoms with Crippen LogP contribution in [-0.2, 0) is 12.8 Å². The average Bonchev–Trinajstić information content (AvgIpc) is 2.81. The molecule has 3 rings (SSSR count). The van der Waals surface area contributed by atoms with E-state index in [1.54, 1.807) is 5.56 Å². The highest BCUT2D eigenvalue weighted by Crippen LogP contribution is 2.25. The van der Waals surface area contributed by atoms with E-state index in [1.165, 1.54) is 74.9 Å². The first-order valence-electron chi connectivity index (χ1n) is 8.62. The number of rotatable bonds is 1. The van der Waals surface area contributed by atoms with Crippen LogP contribution >= 0.6 is 0 Å². The molecule has 0 saturated carbocycles. The molecule has 1 aliphatic rings. The maximum atomic E-state index is 2.49. The molecule has 21 heavy (non-hydrogen) atoms. The Morgan fingerprint density at radius 2 is 1.38 bits per heavy atom. The highest BCUT2D eigenvalue weighted by molar-refractivity contribution is 5.41. The molecule has 1 heterocycles. The number of aromatic nitrogens is 1. The van der Waals surface area contributed by atoms with Crippen molar-refractivity contribution in [3.63, 3.8) is 0 Å². The molecule has 0 N–H and O–H groups in total. The molecule has 112 valence electrons. The topological polar surface area (TPSA) is 4.93 Å². The third kappa shape index (κ3) is 3.40. The molecule has 0 fully saturated rings. The van der Waals surface area contributed by atoms with Crippen molar-refractivity contribution in [1.82, 2.24) is 4.57 Å². The second-order valence-electron chi connectivity index (χ2n) is 6.39. The van der Waals surface area contributed by atoms with Crippen molar-refractivity contribution in [1.29, 1.82) is 0 Å². The predicted molar refractivity (Wildman–Crippen MR) is 90.2 cm³/mol. The second kappa shape index (κ2) is 6.98. The number of aryl methyl sites for hydroxylation is 2. The molecule has 1 nitrogen and oxygen atoms in total. The number of hydrogen-bond acceptors (Lipinski definition) is 0. The van der Waals surface area contributed by atoms with Gasteiger partial charge in [-0.15, -0.1) is 0 Å². The van der Waals surface area contributed by atoms with E-state index in [2.05, 4.69) is 47.9 Å². The standard InChI is InChI=1S/C20H27N/c1-17-18-12-8-5-3-2-4-6-9-15-20(16-18)21(17)19-13-10-7-11-14-19/h7,10-11,13-14,16H,2-6,8-9,12,15H2,1H3. The van der Waals surface area contributed by atoms with Crippen LogP contribution in [-0.4, -0.2) is 4.57 Å². The third-order valence-electron chi connectivity index (χ3n) is 4.82. The molecule has 1 heteroatoms. The Morgan fingerprint density at radius 3 is 2.10 bits per heavy atom. The highest BCUT2D eigenvalue weighted by atomic mass is 15.0. The van der Waals surface area contributed by atoms with Crippen LogP contribution in [0.3, 0.4) is 0 Å². The zero-order valence-electron chi connectivity index (χ0n) is 13.3. The van der Waals surface area contributed by atoms with Crippen molar-refractivity contribution >= 4 is 0 Å². The lowest BCUT2D eigenvalue weighted by atomic mass is 10.0. The van der Waals surface area contributed by atoms with E-state index in [0.29, 0.717) is 0 Å². The molecule has 1 aromatic carbocycles. The summed E-state index contributed by atoms with van der Waals surface area (Å²) in [6.45, 7) is 2.30. The Morgan fingerprint density at radius 1 is 0.762 bits per heavy atom. The van der Waals surface area contributed by atoms with Gasteiger partial charge in [0.2, 0.25) is 0 Å². The van der Waals surface area contributed by atoms with Gasteiger partial charge < -0.3 is 4.57 Å². The van der Waals surface area contributed by atoms with E-state index >= 15 is 0 Å². The smallest absolute Gasteiger partial charge is 0.0455 e. The summed E-state index contributed by atoms with van der Waals surface area (Å²) in [4.78, 5) is 0. The van der Waals surface area contributed by atoms with E-state index < -0.39 is 0 Å². The van der Waals surface area contributed by atoms with Crippen molar-refractivity contribution in [3.05, 3.63) is 53.3 Å². The molecule has 2 aromatic rings. The van der Waals surface area contributed by atoms with Gasteiger partial charge in [0, 0.05) is 17.1 Å². The Hall–Kier alpha value is -1.50. The fourth-order valence-electron chi connectivity index (χ4n) is 3.61. The van der Waals surface area contributed by atoms with Crippen LogP contribution in [0, 0.1) is 6.92 Å². The molecule has 0 saturated heterocycles. The minimum Gasteiger partial charge on any atom is -0.318 e.